The monoisotopic (exact) mass is 385 g/mol. The standard InChI is InChI=1S/C19H16ClN3O4/c1-11(18(25)21-13-8-6-12(20)7-9-13)27-17(24)10-16-14-4-2-3-5-15(14)19(26)23-22-16/h2-9,11H,10H2,1H3,(H,21,25)(H,23,26). The summed E-state index contributed by atoms with van der Waals surface area (Å²) in [5.41, 5.74) is 0.583. The third kappa shape index (κ3) is 4.51. The van der Waals surface area contributed by atoms with E-state index in [1.165, 1.54) is 6.92 Å². The number of benzene rings is 2. The van der Waals surface area contributed by atoms with Gasteiger partial charge in [-0.05, 0) is 37.3 Å². The topological polar surface area (TPSA) is 101 Å². The number of aromatic amines is 1. The average molecular weight is 386 g/mol. The Morgan fingerprint density at radius 1 is 1.15 bits per heavy atom. The first-order valence-corrected chi connectivity index (χ1v) is 8.54. The number of aromatic nitrogens is 2. The van der Waals surface area contributed by atoms with Crippen LogP contribution in [-0.2, 0) is 20.7 Å². The summed E-state index contributed by atoms with van der Waals surface area (Å²) in [4.78, 5) is 36.1. The van der Waals surface area contributed by atoms with E-state index in [1.54, 1.807) is 48.5 Å². The molecule has 8 heteroatoms. The molecule has 27 heavy (non-hydrogen) atoms. The number of nitrogens with zero attached hydrogens (tertiary/aromatic N) is 1. The third-order valence-corrected chi connectivity index (χ3v) is 4.13. The minimum Gasteiger partial charge on any atom is -0.452 e. The molecule has 0 aliphatic heterocycles. The van der Waals surface area contributed by atoms with Gasteiger partial charge in [0.2, 0.25) is 0 Å². The van der Waals surface area contributed by atoms with E-state index >= 15 is 0 Å². The number of halogens is 1. The number of ether oxygens (including phenoxy) is 1. The Kier molecular flexibility index (Phi) is 5.52. The highest BCUT2D eigenvalue weighted by atomic mass is 35.5. The third-order valence-electron chi connectivity index (χ3n) is 3.88. The van der Waals surface area contributed by atoms with E-state index in [0.29, 0.717) is 27.2 Å². The number of anilines is 1. The van der Waals surface area contributed by atoms with Crippen LogP contribution >= 0.6 is 11.6 Å². The molecule has 2 N–H and O–H groups in total. The van der Waals surface area contributed by atoms with Crippen molar-refractivity contribution < 1.29 is 14.3 Å². The lowest BCUT2D eigenvalue weighted by atomic mass is 10.1. The van der Waals surface area contributed by atoms with Crippen molar-refractivity contribution >= 4 is 39.9 Å². The van der Waals surface area contributed by atoms with Crippen molar-refractivity contribution in [3.8, 4) is 0 Å². The lowest BCUT2D eigenvalue weighted by Crippen LogP contribution is -2.30. The first-order valence-electron chi connectivity index (χ1n) is 8.16. The van der Waals surface area contributed by atoms with Crippen LogP contribution in [0.5, 0.6) is 0 Å². The van der Waals surface area contributed by atoms with Crippen molar-refractivity contribution in [3.63, 3.8) is 0 Å². The Balaban J connectivity index is 1.65. The number of carbonyl (C=O) groups is 2. The van der Waals surface area contributed by atoms with Gasteiger partial charge in [0.05, 0.1) is 17.5 Å². The molecule has 1 unspecified atom stereocenters. The Morgan fingerprint density at radius 3 is 2.52 bits per heavy atom. The van der Waals surface area contributed by atoms with E-state index in [2.05, 4.69) is 15.5 Å². The molecule has 138 valence electrons. The van der Waals surface area contributed by atoms with Gasteiger partial charge in [-0.3, -0.25) is 14.4 Å². The molecule has 0 radical (unpaired) electrons. The van der Waals surface area contributed by atoms with Crippen LogP contribution in [0.1, 0.15) is 12.6 Å². The molecular formula is C19H16ClN3O4. The van der Waals surface area contributed by atoms with E-state index in [4.69, 9.17) is 16.3 Å². The second-order valence-corrected chi connectivity index (χ2v) is 6.29. The summed E-state index contributed by atoms with van der Waals surface area (Å²) in [5.74, 6) is -1.09. The van der Waals surface area contributed by atoms with Gasteiger partial charge in [-0.1, -0.05) is 29.8 Å². The summed E-state index contributed by atoms with van der Waals surface area (Å²) in [6, 6.07) is 13.4. The van der Waals surface area contributed by atoms with Crippen LogP contribution in [0.25, 0.3) is 10.8 Å². The average Bonchev–Trinajstić information content (AvgIpc) is 2.66. The van der Waals surface area contributed by atoms with Gasteiger partial charge in [0.25, 0.3) is 11.5 Å². The molecular weight excluding hydrogens is 370 g/mol. The molecule has 3 rings (SSSR count). The molecule has 0 fully saturated rings. The molecule has 0 saturated carbocycles. The summed E-state index contributed by atoms with van der Waals surface area (Å²) >= 11 is 5.80. The molecule has 1 heterocycles. The highest BCUT2D eigenvalue weighted by Crippen LogP contribution is 2.15. The molecule has 3 aromatic rings. The van der Waals surface area contributed by atoms with Crippen molar-refractivity contribution in [2.45, 2.75) is 19.4 Å². The molecule has 0 aliphatic carbocycles. The minimum absolute atomic E-state index is 0.171. The summed E-state index contributed by atoms with van der Waals surface area (Å²) in [7, 11) is 0. The Labute approximate surface area is 159 Å². The van der Waals surface area contributed by atoms with Crippen LogP contribution in [0.15, 0.2) is 53.3 Å². The summed E-state index contributed by atoms with van der Waals surface area (Å²) < 4.78 is 5.18. The van der Waals surface area contributed by atoms with Crippen LogP contribution < -0.4 is 10.9 Å². The smallest absolute Gasteiger partial charge is 0.312 e. The van der Waals surface area contributed by atoms with E-state index in [0.717, 1.165) is 0 Å². The van der Waals surface area contributed by atoms with Gasteiger partial charge >= 0.3 is 5.97 Å². The molecule has 0 saturated heterocycles. The maximum absolute atomic E-state index is 12.2. The first-order chi connectivity index (χ1) is 12.9. The highest BCUT2D eigenvalue weighted by Gasteiger charge is 2.19. The molecule has 2 aromatic carbocycles. The zero-order chi connectivity index (χ0) is 19.4. The van der Waals surface area contributed by atoms with Crippen molar-refractivity contribution in [1.29, 1.82) is 0 Å². The zero-order valence-corrected chi connectivity index (χ0v) is 15.1. The van der Waals surface area contributed by atoms with Gasteiger partial charge in [0.15, 0.2) is 6.10 Å². The second-order valence-electron chi connectivity index (χ2n) is 5.85. The van der Waals surface area contributed by atoms with Crippen molar-refractivity contribution in [2.75, 3.05) is 5.32 Å². The van der Waals surface area contributed by atoms with Crippen molar-refractivity contribution in [1.82, 2.24) is 10.2 Å². The fourth-order valence-corrected chi connectivity index (χ4v) is 2.64. The molecule has 0 spiro atoms. The summed E-state index contributed by atoms with van der Waals surface area (Å²) in [6.45, 7) is 1.47. The van der Waals surface area contributed by atoms with Gasteiger partial charge in [-0.2, -0.15) is 5.10 Å². The molecule has 0 bridgehead atoms. The quantitative estimate of drug-likeness (QED) is 0.657. The van der Waals surface area contributed by atoms with Crippen LogP contribution in [0.3, 0.4) is 0 Å². The molecule has 7 nitrogen and oxygen atoms in total. The SMILES string of the molecule is CC(OC(=O)Cc1n[nH]c(=O)c2ccccc12)C(=O)Nc1ccc(Cl)cc1. The van der Waals surface area contributed by atoms with Gasteiger partial charge in [0.1, 0.15) is 0 Å². The Morgan fingerprint density at radius 2 is 1.81 bits per heavy atom. The molecule has 1 aromatic heterocycles. The molecule has 0 aliphatic rings. The predicted molar refractivity (Wildman–Crippen MR) is 102 cm³/mol. The van der Waals surface area contributed by atoms with Crippen molar-refractivity contribution in [2.24, 2.45) is 0 Å². The fourth-order valence-electron chi connectivity index (χ4n) is 2.51. The number of fused-ring (bicyclic) bond motifs is 1. The number of amides is 1. The number of H-pyrrole nitrogens is 1. The predicted octanol–water partition coefficient (Wildman–Crippen LogP) is 2.69. The second kappa shape index (κ2) is 8.01. The van der Waals surface area contributed by atoms with Crippen LogP contribution in [0.4, 0.5) is 5.69 Å². The Bertz CT molecular complexity index is 1050. The number of carbonyl (C=O) groups excluding carboxylic acids is 2. The number of rotatable bonds is 5. The van der Waals surface area contributed by atoms with E-state index in [1.807, 2.05) is 0 Å². The van der Waals surface area contributed by atoms with E-state index in [-0.39, 0.29) is 12.0 Å². The minimum atomic E-state index is -0.998. The number of nitrogens with one attached hydrogen (secondary N) is 2. The van der Waals surface area contributed by atoms with Crippen LogP contribution in [0.2, 0.25) is 5.02 Å². The fraction of sp³-hybridized carbons (Fsp3) is 0.158. The summed E-state index contributed by atoms with van der Waals surface area (Å²) in [5, 5.41) is 10.5. The first kappa shape index (κ1) is 18.6. The van der Waals surface area contributed by atoms with E-state index in [9.17, 15) is 14.4 Å². The number of hydrogen-bond donors (Lipinski definition) is 2. The van der Waals surface area contributed by atoms with Crippen molar-refractivity contribution in [3.05, 3.63) is 69.6 Å². The lowest BCUT2D eigenvalue weighted by Gasteiger charge is -2.13. The Hall–Kier alpha value is -3.19. The van der Waals surface area contributed by atoms with Crippen LogP contribution in [-0.4, -0.2) is 28.2 Å². The maximum Gasteiger partial charge on any atom is 0.312 e. The summed E-state index contributed by atoms with van der Waals surface area (Å²) in [6.07, 6.45) is -1.17. The molecule has 1 amide bonds. The maximum atomic E-state index is 12.2. The lowest BCUT2D eigenvalue weighted by molar-refractivity contribution is -0.152. The zero-order valence-electron chi connectivity index (χ0n) is 14.4. The van der Waals surface area contributed by atoms with Gasteiger partial charge in [-0.15, -0.1) is 0 Å². The largest absolute Gasteiger partial charge is 0.452 e. The normalized spacial score (nSPS) is 11.8. The van der Waals surface area contributed by atoms with Gasteiger partial charge in [0, 0.05) is 16.1 Å². The van der Waals surface area contributed by atoms with Gasteiger partial charge in [-0.25, -0.2) is 5.10 Å². The van der Waals surface area contributed by atoms with Crippen LogP contribution in [0, 0.1) is 0 Å². The van der Waals surface area contributed by atoms with E-state index < -0.39 is 18.0 Å². The number of hydrogen-bond acceptors (Lipinski definition) is 5. The highest BCUT2D eigenvalue weighted by molar-refractivity contribution is 6.30. The van der Waals surface area contributed by atoms with Gasteiger partial charge < -0.3 is 10.1 Å². The molecule has 1 atom stereocenters. The number of esters is 1.